The Morgan fingerprint density at radius 1 is 0.340 bits per heavy atom. The lowest BCUT2D eigenvalue weighted by Gasteiger charge is -2.11. The smallest absolute Gasteiger partial charge is 0.221 e. The SMILES string of the molecule is CC(=O)Nc1ccc(Oc2cc(Nc3cc(C)[nH]n3)c3ccccc3n2)cc1.CC(=O)Nc1ccc(Oc2cc3ccccc3c(Nc3cc(C4CC4)[nH]n3)n2)cc1.Cc1cc(Nc2nc(Oc3ccc4ncsc4c3)cc3ccccc23)n[nH]1.c1ccc2c(Nc3cc(C4CC4)[nH]n3)cc(Oc3ccc4ncsc4c3)nc2c1.c1csc(COc2cc(Nc3n[nH]c4ccccc34)c3ccccc3n2)c1. The maximum absolute atomic E-state index is 11.2. The molecule has 0 unspecified atom stereocenters. The highest BCUT2D eigenvalue weighted by atomic mass is 32.1. The first-order chi connectivity index (χ1) is 69.1. The van der Waals surface area contributed by atoms with Crippen LogP contribution in [0.25, 0.3) is 85.6 Å². The normalized spacial score (nSPS) is 12.0. The second kappa shape index (κ2) is 40.9. The summed E-state index contributed by atoms with van der Waals surface area (Å²) in [5.41, 5.74) is 17.6. The van der Waals surface area contributed by atoms with E-state index >= 15 is 0 Å². The monoisotopic (exact) mass is 1920 g/mol. The number of ether oxygens (including phenoxy) is 5. The molecule has 13 aromatic heterocycles. The first-order valence-electron chi connectivity index (χ1n) is 45.3. The van der Waals surface area contributed by atoms with Crippen molar-refractivity contribution in [3.05, 3.63) is 341 Å². The number of benzene rings is 10. The summed E-state index contributed by atoms with van der Waals surface area (Å²) in [6.45, 7) is 7.36. The lowest BCUT2D eigenvalue weighted by molar-refractivity contribution is -0.115. The number of para-hydroxylation sites is 4. The maximum Gasteiger partial charge on any atom is 0.221 e. The number of carbonyl (C=O) groups excluding carboxylic acids is 2. The van der Waals surface area contributed by atoms with Gasteiger partial charge >= 0.3 is 0 Å². The van der Waals surface area contributed by atoms with Crippen molar-refractivity contribution in [1.29, 1.82) is 0 Å². The van der Waals surface area contributed by atoms with E-state index in [-0.39, 0.29) is 11.8 Å². The summed E-state index contributed by atoms with van der Waals surface area (Å²) in [6, 6.07) is 95.6. The molecular formula is C107H88N24O7S3. The molecule has 2 saturated carbocycles. The van der Waals surface area contributed by atoms with Gasteiger partial charge in [-0.3, -0.25) is 35.1 Å². The van der Waals surface area contributed by atoms with Gasteiger partial charge in [-0.2, -0.15) is 35.5 Å². The summed E-state index contributed by atoms with van der Waals surface area (Å²) in [6.07, 6.45) is 4.91. The van der Waals surface area contributed by atoms with Gasteiger partial charge in [0.1, 0.15) is 41.2 Å². The van der Waals surface area contributed by atoms with Gasteiger partial charge in [0.2, 0.25) is 41.2 Å². The molecular weight excluding hydrogens is 1830 g/mol. The summed E-state index contributed by atoms with van der Waals surface area (Å²) in [4.78, 5) is 55.3. The lowest BCUT2D eigenvalue weighted by Crippen LogP contribution is -2.05. The van der Waals surface area contributed by atoms with E-state index in [2.05, 4.69) is 135 Å². The Kier molecular flexibility index (Phi) is 26.0. The van der Waals surface area contributed by atoms with Crippen LogP contribution >= 0.6 is 34.0 Å². The molecule has 34 heteroatoms. The van der Waals surface area contributed by atoms with Crippen molar-refractivity contribution >= 4 is 201 Å². The number of anilines is 12. The van der Waals surface area contributed by atoms with Crippen LogP contribution in [0.4, 0.5) is 69.2 Å². The van der Waals surface area contributed by atoms with Gasteiger partial charge in [-0.15, -0.1) is 34.0 Å². The number of aromatic amines is 5. The molecule has 141 heavy (non-hydrogen) atoms. The fourth-order valence-corrected chi connectivity index (χ4v) is 17.7. The number of aryl methyl sites for hydroxylation is 2. The van der Waals surface area contributed by atoms with Gasteiger partial charge in [-0.05, 0) is 165 Å². The van der Waals surface area contributed by atoms with Crippen LogP contribution in [0, 0.1) is 13.8 Å². The Morgan fingerprint density at radius 2 is 0.745 bits per heavy atom. The highest BCUT2D eigenvalue weighted by Crippen LogP contribution is 2.44. The van der Waals surface area contributed by atoms with E-state index < -0.39 is 0 Å². The minimum absolute atomic E-state index is 0.112. The van der Waals surface area contributed by atoms with E-state index in [1.165, 1.54) is 45.2 Å². The van der Waals surface area contributed by atoms with Gasteiger partial charge < -0.3 is 60.9 Å². The molecule has 10 aromatic carbocycles. The summed E-state index contributed by atoms with van der Waals surface area (Å²) >= 11 is 4.85. The van der Waals surface area contributed by atoms with Crippen molar-refractivity contribution in [3.63, 3.8) is 0 Å². The molecule has 2 aliphatic rings. The van der Waals surface area contributed by atoms with Crippen molar-refractivity contribution in [2.24, 2.45) is 0 Å². The van der Waals surface area contributed by atoms with Crippen LogP contribution < -0.4 is 60.9 Å². The third-order valence-electron chi connectivity index (χ3n) is 22.7. The number of thiazole rings is 2. The zero-order chi connectivity index (χ0) is 95.5. The van der Waals surface area contributed by atoms with E-state index in [0.29, 0.717) is 88.2 Å². The number of hydrogen-bond acceptors (Lipinski definition) is 27. The van der Waals surface area contributed by atoms with Crippen molar-refractivity contribution in [1.82, 2.24) is 85.9 Å². The molecule has 25 rings (SSSR count). The van der Waals surface area contributed by atoms with Gasteiger partial charge in [0.05, 0.1) is 70.6 Å². The number of nitrogens with one attached hydrogen (secondary N) is 12. The molecule has 0 aliphatic heterocycles. The topological polar surface area (TPSA) is 398 Å². The first-order valence-corrected chi connectivity index (χ1v) is 48.0. The Hall–Kier alpha value is -18.0. The molecule has 0 atom stereocenters. The minimum Gasteiger partial charge on any atom is -0.472 e. The van der Waals surface area contributed by atoms with E-state index in [1.807, 2.05) is 267 Å². The molecule has 0 radical (unpaired) electrons. The van der Waals surface area contributed by atoms with Crippen molar-refractivity contribution in [3.8, 4) is 52.4 Å². The zero-order valence-corrected chi connectivity index (χ0v) is 78.6. The van der Waals surface area contributed by atoms with Crippen molar-refractivity contribution in [2.75, 3.05) is 37.2 Å². The molecule has 0 saturated heterocycles. The van der Waals surface area contributed by atoms with Crippen LogP contribution in [0.1, 0.15) is 79.0 Å². The summed E-state index contributed by atoms with van der Waals surface area (Å²) in [7, 11) is 0. The van der Waals surface area contributed by atoms with Crippen LogP contribution in [0.5, 0.6) is 52.4 Å². The second-order valence-corrected chi connectivity index (χ2v) is 36.2. The maximum atomic E-state index is 11.2. The van der Waals surface area contributed by atoms with Gasteiger partial charge in [0.15, 0.2) is 29.1 Å². The average Bonchev–Trinajstić information content (AvgIpc) is 1.68. The van der Waals surface area contributed by atoms with Crippen LogP contribution in [0.15, 0.2) is 314 Å². The molecule has 12 N–H and O–H groups in total. The van der Waals surface area contributed by atoms with E-state index in [9.17, 15) is 9.59 Å². The van der Waals surface area contributed by atoms with Crippen LogP contribution in [-0.2, 0) is 16.2 Å². The molecule has 696 valence electrons. The number of thiophene rings is 1. The number of aromatic nitrogens is 17. The molecule has 2 fully saturated rings. The summed E-state index contributed by atoms with van der Waals surface area (Å²) in [5, 5.41) is 69.2. The number of amides is 2. The largest absolute Gasteiger partial charge is 0.472 e. The Labute approximate surface area is 817 Å². The number of pyridine rings is 5. The fraction of sp³-hybridized carbons (Fsp3) is 0.103. The standard InChI is InChI=1S/C23H21N5O2.C22H17N5OS.C21H19N5O2.C21H16N4OS.C20H15N5OS/c1-14(29)24-17-8-10-18(11-9-17)30-22-12-16-4-2-3-5-19(16)23(26-22)25-21-13-20(27-28-21)15-6-7-15;1-2-4-16-15(3-1)19(24-21-10-18(26-27-21)13-5-6-13)11-22(25-16)28-14-7-8-17-20(9-14)29-12-23-17;1-13-11-20(26-25-13)23-19-12-21(24-18-6-4-3-5-17(18)19)28-16-9-7-15(8-10-16)22-14(2)27;1-3-9-17-15(7-1)19(12-20(22-17)26-13-14-6-5-11-27-14)23-21-16-8-2-4-10-18(16)24-25-21;1-12-8-18(25-24-12)22-20-15-5-3-2-4-13(15)9-19(23-20)26-14-6-7-16-17(10-14)27-11-21-16/h2-5,8-13,15H,6-7H2,1H3,(H,24,29)(H2,25,26,27,28);1-4,7-13H,5-6H2,(H2,24,25,26,27);3-12H,1-2H3,(H,22,27)(H2,23,24,25,26);1-12H,13H2,(H2,22,23,24,25);2-11H,1H3,(H2,22,23,24,25). The van der Waals surface area contributed by atoms with E-state index in [0.717, 1.165) is 159 Å². The summed E-state index contributed by atoms with van der Waals surface area (Å²) < 4.78 is 32.2. The van der Waals surface area contributed by atoms with E-state index in [4.69, 9.17) is 23.7 Å². The number of hydrogen-bond donors (Lipinski definition) is 12. The highest BCUT2D eigenvalue weighted by Gasteiger charge is 2.28. The molecule has 13 heterocycles. The Balaban J connectivity index is 0.000000105. The Bertz CT molecular complexity index is 8420. The molecule has 31 nitrogen and oxygen atoms in total. The quantitative estimate of drug-likeness (QED) is 0.0253. The first kappa shape index (κ1) is 89.5. The van der Waals surface area contributed by atoms with Gasteiger partial charge in [-0.25, -0.2) is 24.9 Å². The van der Waals surface area contributed by atoms with Crippen LogP contribution in [0.3, 0.4) is 0 Å². The fourth-order valence-electron chi connectivity index (χ4n) is 15.7. The van der Waals surface area contributed by atoms with Crippen molar-refractivity contribution in [2.45, 2.75) is 71.8 Å². The second-order valence-electron chi connectivity index (χ2n) is 33.4. The van der Waals surface area contributed by atoms with Gasteiger partial charge in [0.25, 0.3) is 0 Å². The third kappa shape index (κ3) is 22.2. The van der Waals surface area contributed by atoms with E-state index in [1.54, 1.807) is 82.5 Å². The molecule has 2 amide bonds. The number of H-pyrrole nitrogens is 5. The molecule has 2 aliphatic carbocycles. The summed E-state index contributed by atoms with van der Waals surface area (Å²) in [5.74, 6) is 11.5. The number of rotatable bonds is 25. The van der Waals surface area contributed by atoms with Crippen molar-refractivity contribution < 1.29 is 33.3 Å². The molecule has 0 spiro atoms. The molecule has 0 bridgehead atoms. The van der Waals surface area contributed by atoms with Gasteiger partial charge in [0, 0.05) is 164 Å². The predicted octanol–water partition coefficient (Wildman–Crippen LogP) is 27.0. The molecule has 23 aromatic rings. The predicted molar refractivity (Wildman–Crippen MR) is 559 cm³/mol. The number of fused-ring (bicyclic) bond motifs is 8. The number of carbonyl (C=O) groups is 2. The van der Waals surface area contributed by atoms with Crippen LogP contribution in [0.2, 0.25) is 0 Å². The zero-order valence-electron chi connectivity index (χ0n) is 76.2. The third-order valence-corrected chi connectivity index (χ3v) is 25.1. The van der Waals surface area contributed by atoms with Crippen LogP contribution in [-0.4, -0.2) is 97.7 Å². The minimum atomic E-state index is -0.116. The average molecular weight is 1920 g/mol. The highest BCUT2D eigenvalue weighted by molar-refractivity contribution is 7.17. The number of nitrogens with zero attached hydrogens (tertiary/aromatic N) is 12. The van der Waals surface area contributed by atoms with Gasteiger partial charge in [-0.1, -0.05) is 121 Å². The lowest BCUT2D eigenvalue weighted by atomic mass is 10.1. The Morgan fingerprint density at radius 3 is 1.21 bits per heavy atom.